The molecule has 0 aromatic heterocycles. The van der Waals surface area contributed by atoms with Gasteiger partial charge in [0.15, 0.2) is 0 Å². The zero-order chi connectivity index (χ0) is 13.0. The molecule has 1 N–H and O–H groups in total. The van der Waals surface area contributed by atoms with Crippen LogP contribution < -0.4 is 0 Å². The molecule has 2 rings (SSSR count). The Labute approximate surface area is 106 Å². The maximum atomic E-state index is 13.7. The number of phenolic OH excluding ortho intramolecular Hbond substituents is 1. The van der Waals surface area contributed by atoms with Crippen molar-refractivity contribution in [2.24, 2.45) is 0 Å². The molecular weight excluding hydrogens is 229 g/mol. The zero-order valence-electron chi connectivity index (χ0n) is 9.94. The molecule has 0 spiro atoms. The SMILES string of the molecule is N#CC(CC1=CCCC=C1)c1cc(O)ccc1F. The number of nitriles is 1. The third-order valence-electron chi connectivity index (χ3n) is 3.02. The molecular formula is C15H14FNO. The smallest absolute Gasteiger partial charge is 0.128 e. The molecule has 1 atom stereocenters. The van der Waals surface area contributed by atoms with Gasteiger partial charge in [-0.15, -0.1) is 0 Å². The fourth-order valence-electron chi connectivity index (χ4n) is 2.08. The Morgan fingerprint density at radius 2 is 2.22 bits per heavy atom. The molecule has 3 heteroatoms. The molecule has 0 aliphatic heterocycles. The van der Waals surface area contributed by atoms with Gasteiger partial charge in [-0.1, -0.05) is 23.8 Å². The lowest BCUT2D eigenvalue weighted by Crippen LogP contribution is -2.01. The molecule has 92 valence electrons. The van der Waals surface area contributed by atoms with Crippen molar-refractivity contribution >= 4 is 0 Å². The van der Waals surface area contributed by atoms with Crippen LogP contribution >= 0.6 is 0 Å². The zero-order valence-corrected chi connectivity index (χ0v) is 9.94. The normalized spacial score (nSPS) is 15.9. The number of aromatic hydroxyl groups is 1. The van der Waals surface area contributed by atoms with Gasteiger partial charge >= 0.3 is 0 Å². The van der Waals surface area contributed by atoms with Crippen molar-refractivity contribution in [3.05, 3.63) is 53.4 Å². The highest BCUT2D eigenvalue weighted by molar-refractivity contribution is 5.36. The molecule has 1 aromatic rings. The lowest BCUT2D eigenvalue weighted by atomic mass is 9.90. The van der Waals surface area contributed by atoms with Crippen molar-refractivity contribution < 1.29 is 9.50 Å². The van der Waals surface area contributed by atoms with E-state index >= 15 is 0 Å². The number of hydrogen-bond donors (Lipinski definition) is 1. The van der Waals surface area contributed by atoms with Crippen molar-refractivity contribution in [1.29, 1.82) is 5.26 Å². The van der Waals surface area contributed by atoms with Crippen LogP contribution in [0.5, 0.6) is 5.75 Å². The van der Waals surface area contributed by atoms with Crippen LogP contribution in [0.2, 0.25) is 0 Å². The molecule has 0 saturated heterocycles. The Hall–Kier alpha value is -2.08. The van der Waals surface area contributed by atoms with Crippen molar-refractivity contribution in [1.82, 2.24) is 0 Å². The van der Waals surface area contributed by atoms with E-state index in [1.807, 2.05) is 6.08 Å². The predicted octanol–water partition coefficient (Wildman–Crippen LogP) is 3.80. The van der Waals surface area contributed by atoms with Crippen molar-refractivity contribution in [3.63, 3.8) is 0 Å². The minimum Gasteiger partial charge on any atom is -0.508 e. The first-order valence-corrected chi connectivity index (χ1v) is 5.94. The first-order valence-electron chi connectivity index (χ1n) is 5.94. The van der Waals surface area contributed by atoms with Gasteiger partial charge < -0.3 is 5.11 Å². The van der Waals surface area contributed by atoms with E-state index in [4.69, 9.17) is 0 Å². The third kappa shape index (κ3) is 2.78. The molecule has 0 fully saturated rings. The highest BCUT2D eigenvalue weighted by Crippen LogP contribution is 2.29. The summed E-state index contributed by atoms with van der Waals surface area (Å²) in [5, 5.41) is 18.6. The summed E-state index contributed by atoms with van der Waals surface area (Å²) in [5.74, 6) is -1.02. The van der Waals surface area contributed by atoms with E-state index in [1.165, 1.54) is 18.2 Å². The van der Waals surface area contributed by atoms with E-state index in [2.05, 4.69) is 18.2 Å². The van der Waals surface area contributed by atoms with Crippen LogP contribution in [-0.4, -0.2) is 5.11 Å². The lowest BCUT2D eigenvalue weighted by Gasteiger charge is -2.13. The van der Waals surface area contributed by atoms with E-state index in [0.717, 1.165) is 18.4 Å². The number of hydrogen-bond acceptors (Lipinski definition) is 2. The monoisotopic (exact) mass is 243 g/mol. The Balaban J connectivity index is 2.23. The number of allylic oxidation sites excluding steroid dienone is 4. The minimum atomic E-state index is -0.564. The highest BCUT2D eigenvalue weighted by atomic mass is 19.1. The number of nitrogens with zero attached hydrogens (tertiary/aromatic N) is 1. The molecule has 0 saturated carbocycles. The van der Waals surface area contributed by atoms with Crippen LogP contribution in [-0.2, 0) is 0 Å². The average molecular weight is 243 g/mol. The van der Waals surface area contributed by atoms with Gasteiger partial charge in [-0.05, 0) is 37.5 Å². The lowest BCUT2D eigenvalue weighted by molar-refractivity contribution is 0.470. The standard InChI is InChI=1S/C15H14FNO/c16-15-7-6-13(18)9-14(15)12(10-17)8-11-4-2-1-3-5-11/h2,4-7,9,12,18H,1,3,8H2. The first kappa shape index (κ1) is 12.4. The van der Waals surface area contributed by atoms with Crippen LogP contribution in [0, 0.1) is 17.1 Å². The van der Waals surface area contributed by atoms with Crippen molar-refractivity contribution in [2.45, 2.75) is 25.2 Å². The maximum Gasteiger partial charge on any atom is 0.128 e. The largest absolute Gasteiger partial charge is 0.508 e. The fourth-order valence-corrected chi connectivity index (χ4v) is 2.08. The van der Waals surface area contributed by atoms with Gasteiger partial charge in [-0.3, -0.25) is 0 Å². The Morgan fingerprint density at radius 1 is 1.39 bits per heavy atom. The van der Waals surface area contributed by atoms with Gasteiger partial charge in [0.1, 0.15) is 11.6 Å². The summed E-state index contributed by atoms with van der Waals surface area (Å²) in [4.78, 5) is 0. The Morgan fingerprint density at radius 3 is 2.89 bits per heavy atom. The van der Waals surface area contributed by atoms with Crippen molar-refractivity contribution in [3.8, 4) is 11.8 Å². The molecule has 1 aliphatic carbocycles. The molecule has 2 nitrogen and oxygen atoms in total. The minimum absolute atomic E-state index is 0.0141. The predicted molar refractivity (Wildman–Crippen MR) is 67.5 cm³/mol. The molecule has 1 unspecified atom stereocenters. The maximum absolute atomic E-state index is 13.7. The number of benzene rings is 1. The van der Waals surface area contributed by atoms with Crippen LogP contribution in [0.25, 0.3) is 0 Å². The molecule has 0 heterocycles. The quantitative estimate of drug-likeness (QED) is 0.877. The van der Waals surface area contributed by atoms with Gasteiger partial charge in [-0.25, -0.2) is 4.39 Å². The van der Waals surface area contributed by atoms with Gasteiger partial charge in [0.25, 0.3) is 0 Å². The second kappa shape index (κ2) is 5.50. The van der Waals surface area contributed by atoms with Crippen LogP contribution in [0.4, 0.5) is 4.39 Å². The summed E-state index contributed by atoms with van der Waals surface area (Å²) < 4.78 is 13.7. The second-order valence-electron chi connectivity index (χ2n) is 4.35. The van der Waals surface area contributed by atoms with Gasteiger partial charge in [0.05, 0.1) is 12.0 Å². The highest BCUT2D eigenvalue weighted by Gasteiger charge is 2.17. The first-order chi connectivity index (χ1) is 8.70. The fraction of sp³-hybridized carbons (Fsp3) is 0.267. The second-order valence-corrected chi connectivity index (χ2v) is 4.35. The van der Waals surface area contributed by atoms with Crippen molar-refractivity contribution in [2.75, 3.05) is 0 Å². The van der Waals surface area contributed by atoms with E-state index in [1.54, 1.807) is 0 Å². The average Bonchev–Trinajstić information content (AvgIpc) is 2.40. The van der Waals surface area contributed by atoms with E-state index in [0.29, 0.717) is 6.42 Å². The summed E-state index contributed by atoms with van der Waals surface area (Å²) >= 11 is 0. The van der Waals surface area contributed by atoms with E-state index < -0.39 is 11.7 Å². The van der Waals surface area contributed by atoms with E-state index in [9.17, 15) is 14.8 Å². The van der Waals surface area contributed by atoms with Gasteiger partial charge in [0, 0.05) is 5.56 Å². The number of rotatable bonds is 3. The van der Waals surface area contributed by atoms with Crippen LogP contribution in [0.15, 0.2) is 42.0 Å². The Bertz CT molecular complexity index is 540. The van der Waals surface area contributed by atoms with E-state index in [-0.39, 0.29) is 11.3 Å². The molecule has 0 amide bonds. The molecule has 0 bridgehead atoms. The summed E-state index contributed by atoms with van der Waals surface area (Å²) in [6, 6.07) is 5.92. The summed E-state index contributed by atoms with van der Waals surface area (Å²) in [7, 11) is 0. The summed E-state index contributed by atoms with van der Waals surface area (Å²) in [5.41, 5.74) is 1.31. The van der Waals surface area contributed by atoms with Gasteiger partial charge in [-0.2, -0.15) is 5.26 Å². The van der Waals surface area contributed by atoms with Crippen LogP contribution in [0.3, 0.4) is 0 Å². The number of halogens is 1. The molecule has 1 aliphatic rings. The van der Waals surface area contributed by atoms with Crippen LogP contribution in [0.1, 0.15) is 30.7 Å². The summed E-state index contributed by atoms with van der Waals surface area (Å²) in [6.45, 7) is 0. The molecule has 1 aromatic carbocycles. The number of phenols is 1. The molecule has 0 radical (unpaired) electrons. The Kier molecular flexibility index (Phi) is 3.78. The topological polar surface area (TPSA) is 44.0 Å². The van der Waals surface area contributed by atoms with Gasteiger partial charge in [0.2, 0.25) is 0 Å². The third-order valence-corrected chi connectivity index (χ3v) is 3.02. The molecule has 18 heavy (non-hydrogen) atoms. The summed E-state index contributed by atoms with van der Waals surface area (Å²) in [6.07, 6.45) is 8.57.